The number of anilines is 1. The van der Waals surface area contributed by atoms with E-state index in [1.165, 1.54) is 22.9 Å². The molecule has 2 aromatic carbocycles. The SMILES string of the molecule is Cn1nccc1-c1cc(C(F)(F)F)ccc1-c1cn(C)c2cc(S(=O)Nc3nncs3)ccc12. The number of aromatic nitrogens is 5. The van der Waals surface area contributed by atoms with E-state index in [4.69, 9.17) is 0 Å². The molecule has 1 N–H and O–H groups in total. The van der Waals surface area contributed by atoms with Gasteiger partial charge in [-0.2, -0.15) is 18.3 Å². The summed E-state index contributed by atoms with van der Waals surface area (Å²) in [5.41, 5.74) is 3.99. The summed E-state index contributed by atoms with van der Waals surface area (Å²) < 4.78 is 59.4. The fourth-order valence-electron chi connectivity index (χ4n) is 3.85. The van der Waals surface area contributed by atoms with Gasteiger partial charge in [-0.15, -0.1) is 10.2 Å². The molecule has 0 radical (unpaired) electrons. The molecule has 34 heavy (non-hydrogen) atoms. The van der Waals surface area contributed by atoms with Crippen molar-refractivity contribution >= 4 is 38.4 Å². The van der Waals surface area contributed by atoms with Crippen molar-refractivity contribution in [1.29, 1.82) is 0 Å². The minimum absolute atomic E-state index is 0.424. The van der Waals surface area contributed by atoms with E-state index in [9.17, 15) is 17.4 Å². The Kier molecular flexibility index (Phi) is 5.48. The molecular weight excluding hydrogens is 485 g/mol. The first-order valence-electron chi connectivity index (χ1n) is 9.96. The summed E-state index contributed by atoms with van der Waals surface area (Å²) in [7, 11) is 1.98. The lowest BCUT2D eigenvalue weighted by Crippen LogP contribution is -2.06. The van der Waals surface area contributed by atoms with Gasteiger partial charge >= 0.3 is 6.18 Å². The topological polar surface area (TPSA) is 77.6 Å². The second kappa shape index (κ2) is 8.37. The Labute approximate surface area is 198 Å². The largest absolute Gasteiger partial charge is 0.416 e. The maximum Gasteiger partial charge on any atom is 0.416 e. The molecule has 5 aromatic rings. The van der Waals surface area contributed by atoms with E-state index >= 15 is 0 Å². The second-order valence-corrected chi connectivity index (χ2v) is 9.59. The van der Waals surface area contributed by atoms with E-state index in [0.717, 1.165) is 28.6 Å². The number of aryl methyl sites for hydroxylation is 2. The quantitative estimate of drug-likeness (QED) is 0.356. The van der Waals surface area contributed by atoms with Crippen LogP contribution in [0.1, 0.15) is 5.56 Å². The van der Waals surface area contributed by atoms with Gasteiger partial charge in [-0.05, 0) is 35.9 Å². The van der Waals surface area contributed by atoms with Crippen LogP contribution in [0.3, 0.4) is 0 Å². The number of halogens is 3. The number of nitrogens with zero attached hydrogens (tertiary/aromatic N) is 5. The number of hydrogen-bond donors (Lipinski definition) is 1. The van der Waals surface area contributed by atoms with Crippen LogP contribution in [0.25, 0.3) is 33.3 Å². The summed E-state index contributed by atoms with van der Waals surface area (Å²) >= 11 is 1.24. The van der Waals surface area contributed by atoms with Crippen LogP contribution in [0.2, 0.25) is 0 Å². The van der Waals surface area contributed by atoms with Gasteiger partial charge < -0.3 is 4.57 Å². The molecule has 0 aliphatic heterocycles. The average Bonchev–Trinajstić information content (AvgIpc) is 3.54. The van der Waals surface area contributed by atoms with Crippen LogP contribution in [-0.2, 0) is 31.3 Å². The first-order chi connectivity index (χ1) is 16.2. The molecule has 0 bridgehead atoms. The van der Waals surface area contributed by atoms with E-state index in [0.29, 0.717) is 26.8 Å². The van der Waals surface area contributed by atoms with Crippen LogP contribution < -0.4 is 4.72 Å². The summed E-state index contributed by atoms with van der Waals surface area (Å²) in [5.74, 6) is 0. The van der Waals surface area contributed by atoms with Crippen molar-refractivity contribution in [2.45, 2.75) is 11.1 Å². The predicted octanol–water partition coefficient (Wildman–Crippen LogP) is 5.25. The van der Waals surface area contributed by atoms with Crippen molar-refractivity contribution in [3.05, 3.63) is 65.9 Å². The van der Waals surface area contributed by atoms with Gasteiger partial charge in [0.1, 0.15) is 5.51 Å². The predicted molar refractivity (Wildman–Crippen MR) is 125 cm³/mol. The van der Waals surface area contributed by atoms with Gasteiger partial charge in [0, 0.05) is 48.5 Å². The molecule has 0 spiro atoms. The highest BCUT2D eigenvalue weighted by atomic mass is 32.2. The number of alkyl halides is 3. The standard InChI is InChI=1S/C22H17F3N6OS2/c1-30-11-18(16-6-4-14(10-20(16)30)34(32)29-21-28-26-12-33-21)15-5-3-13(22(23,24)25)9-17(15)19-7-8-27-31(19)2/h3-12H,1-2H3,(H,28,29). The van der Waals surface area contributed by atoms with E-state index in [1.54, 1.807) is 36.1 Å². The van der Waals surface area contributed by atoms with E-state index in [2.05, 4.69) is 20.0 Å². The van der Waals surface area contributed by atoms with Crippen LogP contribution in [0.4, 0.5) is 18.3 Å². The summed E-state index contributed by atoms with van der Waals surface area (Å²) in [5, 5.41) is 13.0. The maximum absolute atomic E-state index is 13.5. The molecule has 3 aromatic heterocycles. The highest BCUT2D eigenvalue weighted by molar-refractivity contribution is 7.86. The number of fused-ring (bicyclic) bond motifs is 1. The smallest absolute Gasteiger partial charge is 0.350 e. The lowest BCUT2D eigenvalue weighted by Gasteiger charge is -2.14. The molecule has 5 rings (SSSR count). The molecule has 3 heterocycles. The van der Waals surface area contributed by atoms with Crippen LogP contribution in [0.5, 0.6) is 0 Å². The molecule has 0 saturated carbocycles. The molecular formula is C22H17F3N6OS2. The van der Waals surface area contributed by atoms with Crippen molar-refractivity contribution in [3.63, 3.8) is 0 Å². The summed E-state index contributed by atoms with van der Waals surface area (Å²) in [6, 6.07) is 10.8. The number of nitrogens with one attached hydrogen (secondary N) is 1. The summed E-state index contributed by atoms with van der Waals surface area (Å²) in [4.78, 5) is 0.537. The second-order valence-electron chi connectivity index (χ2n) is 7.55. The molecule has 0 amide bonds. The third-order valence-electron chi connectivity index (χ3n) is 5.45. The molecule has 174 valence electrons. The van der Waals surface area contributed by atoms with Crippen LogP contribution in [-0.4, -0.2) is 28.8 Å². The third kappa shape index (κ3) is 3.99. The molecule has 0 aliphatic carbocycles. The van der Waals surface area contributed by atoms with E-state index < -0.39 is 22.7 Å². The van der Waals surface area contributed by atoms with Gasteiger partial charge in [0.2, 0.25) is 5.13 Å². The van der Waals surface area contributed by atoms with Gasteiger partial charge in [-0.25, -0.2) is 4.21 Å². The first-order valence-corrected chi connectivity index (χ1v) is 12.0. The van der Waals surface area contributed by atoms with Gasteiger partial charge in [-0.1, -0.05) is 23.5 Å². The van der Waals surface area contributed by atoms with E-state index in [-0.39, 0.29) is 0 Å². The number of rotatable bonds is 5. The van der Waals surface area contributed by atoms with Crippen LogP contribution in [0, 0.1) is 0 Å². The van der Waals surface area contributed by atoms with Crippen LogP contribution in [0.15, 0.2) is 65.3 Å². The first kappa shape index (κ1) is 22.3. The van der Waals surface area contributed by atoms with Gasteiger partial charge in [0.15, 0.2) is 11.0 Å². The molecule has 0 aliphatic rings. The van der Waals surface area contributed by atoms with Crippen molar-refractivity contribution in [3.8, 4) is 22.4 Å². The fourth-order valence-corrected chi connectivity index (χ4v) is 5.29. The molecule has 0 fully saturated rings. The molecule has 1 unspecified atom stereocenters. The van der Waals surface area contributed by atoms with Gasteiger partial charge in [0.25, 0.3) is 0 Å². The Morgan fingerprint density at radius 3 is 2.53 bits per heavy atom. The van der Waals surface area contributed by atoms with Crippen molar-refractivity contribution in [1.82, 2.24) is 24.5 Å². The Morgan fingerprint density at radius 2 is 1.85 bits per heavy atom. The number of hydrogen-bond acceptors (Lipinski definition) is 5. The zero-order valence-corrected chi connectivity index (χ0v) is 19.5. The lowest BCUT2D eigenvalue weighted by atomic mass is 9.95. The van der Waals surface area contributed by atoms with Crippen molar-refractivity contribution in [2.75, 3.05) is 4.72 Å². The highest BCUT2D eigenvalue weighted by Crippen LogP contribution is 2.41. The minimum atomic E-state index is -4.47. The fraction of sp³-hybridized carbons (Fsp3) is 0.136. The molecule has 1 atom stereocenters. The van der Waals surface area contributed by atoms with Gasteiger partial charge in [0.05, 0.1) is 16.2 Å². The highest BCUT2D eigenvalue weighted by Gasteiger charge is 2.32. The number of benzene rings is 2. The minimum Gasteiger partial charge on any atom is -0.350 e. The zero-order valence-electron chi connectivity index (χ0n) is 17.9. The summed E-state index contributed by atoms with van der Waals surface area (Å²) in [6.45, 7) is 0. The molecule has 0 saturated heterocycles. The van der Waals surface area contributed by atoms with Crippen molar-refractivity contribution < 1.29 is 17.4 Å². The van der Waals surface area contributed by atoms with Gasteiger partial charge in [-0.3, -0.25) is 9.40 Å². The summed E-state index contributed by atoms with van der Waals surface area (Å²) in [6.07, 6.45) is -1.06. The zero-order chi connectivity index (χ0) is 24.0. The van der Waals surface area contributed by atoms with E-state index in [1.807, 2.05) is 23.9 Å². The molecule has 7 nitrogen and oxygen atoms in total. The van der Waals surface area contributed by atoms with Crippen LogP contribution >= 0.6 is 11.3 Å². The Bertz CT molecular complexity index is 1520. The Balaban J connectivity index is 1.63. The normalized spacial score (nSPS) is 12.9. The Hall–Kier alpha value is -3.51. The molecule has 12 heteroatoms. The Morgan fingerprint density at radius 1 is 1.03 bits per heavy atom. The average molecular weight is 503 g/mol. The monoisotopic (exact) mass is 502 g/mol. The maximum atomic E-state index is 13.5. The third-order valence-corrected chi connectivity index (χ3v) is 7.25. The lowest BCUT2D eigenvalue weighted by molar-refractivity contribution is -0.137. The van der Waals surface area contributed by atoms with Crippen molar-refractivity contribution in [2.24, 2.45) is 14.1 Å².